The van der Waals surface area contributed by atoms with E-state index in [0.717, 1.165) is 18.5 Å². The Balaban J connectivity index is 1.85. The Morgan fingerprint density at radius 1 is 1.22 bits per heavy atom. The van der Waals surface area contributed by atoms with Gasteiger partial charge in [0, 0.05) is 12.2 Å². The Bertz CT molecular complexity index is 511. The zero-order valence-corrected chi connectivity index (χ0v) is 10.1. The smallest absolute Gasteiger partial charge is 0.231 e. The second-order valence-electron chi connectivity index (χ2n) is 4.73. The van der Waals surface area contributed by atoms with Crippen molar-refractivity contribution in [1.82, 2.24) is 15.1 Å². The van der Waals surface area contributed by atoms with Crippen molar-refractivity contribution in [2.24, 2.45) is 5.73 Å². The van der Waals surface area contributed by atoms with Gasteiger partial charge >= 0.3 is 0 Å². The fourth-order valence-corrected chi connectivity index (χ4v) is 2.45. The highest BCUT2D eigenvalue weighted by molar-refractivity contribution is 5.47. The predicted molar refractivity (Wildman–Crippen MR) is 66.7 cm³/mol. The Morgan fingerprint density at radius 2 is 2.11 bits per heavy atom. The highest BCUT2D eigenvalue weighted by Gasteiger charge is 2.28. The summed E-state index contributed by atoms with van der Waals surface area (Å²) >= 11 is 0. The molecule has 1 aliphatic rings. The molecule has 2 aromatic heterocycles. The van der Waals surface area contributed by atoms with Crippen LogP contribution in [0, 0.1) is 0 Å². The van der Waals surface area contributed by atoms with Gasteiger partial charge in [0.05, 0.1) is 5.92 Å². The minimum Gasteiger partial charge on any atom is -0.339 e. The Morgan fingerprint density at radius 3 is 2.89 bits per heavy atom. The van der Waals surface area contributed by atoms with Crippen LogP contribution < -0.4 is 5.73 Å². The average Bonchev–Trinajstić information content (AvgIpc) is 2.90. The maximum Gasteiger partial charge on any atom is 0.231 e. The maximum absolute atomic E-state index is 6.12. The molecule has 0 saturated heterocycles. The third-order valence-corrected chi connectivity index (χ3v) is 3.47. The minimum atomic E-state index is 0.135. The lowest BCUT2D eigenvalue weighted by atomic mass is 9.85. The van der Waals surface area contributed by atoms with Gasteiger partial charge in [-0.1, -0.05) is 24.1 Å². The fraction of sp³-hybridized carbons (Fsp3) is 0.462. The van der Waals surface area contributed by atoms with Crippen molar-refractivity contribution in [3.63, 3.8) is 0 Å². The minimum absolute atomic E-state index is 0.135. The molecule has 2 heterocycles. The second-order valence-corrected chi connectivity index (χ2v) is 4.73. The molecule has 2 aromatic rings. The molecule has 2 N–H and O–H groups in total. The largest absolute Gasteiger partial charge is 0.339 e. The highest BCUT2D eigenvalue weighted by Crippen LogP contribution is 2.31. The Labute approximate surface area is 105 Å². The van der Waals surface area contributed by atoms with Crippen LogP contribution in [0.15, 0.2) is 28.9 Å². The number of hydrogen-bond donors (Lipinski definition) is 1. The van der Waals surface area contributed by atoms with Crippen LogP contribution in [0.25, 0.3) is 11.5 Å². The van der Waals surface area contributed by atoms with Gasteiger partial charge in [-0.15, -0.1) is 0 Å². The van der Waals surface area contributed by atoms with E-state index in [-0.39, 0.29) is 12.0 Å². The van der Waals surface area contributed by atoms with E-state index in [1.807, 2.05) is 18.2 Å². The van der Waals surface area contributed by atoms with Crippen molar-refractivity contribution in [1.29, 1.82) is 0 Å². The molecule has 1 aliphatic carbocycles. The van der Waals surface area contributed by atoms with Gasteiger partial charge in [-0.05, 0) is 25.0 Å². The first-order chi connectivity index (χ1) is 8.84. The van der Waals surface area contributed by atoms with Crippen LogP contribution in [0.4, 0.5) is 0 Å². The van der Waals surface area contributed by atoms with Gasteiger partial charge in [-0.3, -0.25) is 4.98 Å². The zero-order chi connectivity index (χ0) is 12.4. The van der Waals surface area contributed by atoms with Gasteiger partial charge in [0.25, 0.3) is 0 Å². The summed E-state index contributed by atoms with van der Waals surface area (Å²) in [6.45, 7) is 0. The Kier molecular flexibility index (Phi) is 3.06. The first kappa shape index (κ1) is 11.3. The molecule has 0 radical (unpaired) electrons. The summed E-state index contributed by atoms with van der Waals surface area (Å²) < 4.78 is 5.35. The lowest BCUT2D eigenvalue weighted by Gasteiger charge is -2.25. The quantitative estimate of drug-likeness (QED) is 0.875. The van der Waals surface area contributed by atoms with E-state index in [2.05, 4.69) is 15.1 Å². The summed E-state index contributed by atoms with van der Waals surface area (Å²) in [5.74, 6) is 1.40. The molecule has 0 aromatic carbocycles. The molecular formula is C13H16N4O. The molecule has 94 valence electrons. The highest BCUT2D eigenvalue weighted by atomic mass is 16.5. The third-order valence-electron chi connectivity index (χ3n) is 3.47. The number of nitrogens with zero attached hydrogens (tertiary/aromatic N) is 3. The number of rotatable bonds is 2. The molecule has 2 unspecified atom stereocenters. The molecule has 0 amide bonds. The monoisotopic (exact) mass is 244 g/mol. The molecule has 5 heteroatoms. The first-order valence-electron chi connectivity index (χ1n) is 6.35. The molecule has 2 atom stereocenters. The van der Waals surface area contributed by atoms with Crippen LogP contribution in [0.1, 0.15) is 37.5 Å². The summed E-state index contributed by atoms with van der Waals surface area (Å²) in [4.78, 5) is 8.64. The van der Waals surface area contributed by atoms with Crippen LogP contribution >= 0.6 is 0 Å². The summed E-state index contributed by atoms with van der Waals surface area (Å²) in [7, 11) is 0. The van der Waals surface area contributed by atoms with E-state index < -0.39 is 0 Å². The normalized spacial score (nSPS) is 24.1. The molecule has 0 aliphatic heterocycles. The molecule has 3 rings (SSSR count). The van der Waals surface area contributed by atoms with Gasteiger partial charge in [0.1, 0.15) is 5.69 Å². The van der Waals surface area contributed by atoms with Crippen LogP contribution in [0.2, 0.25) is 0 Å². The van der Waals surface area contributed by atoms with E-state index in [1.165, 1.54) is 12.8 Å². The fourth-order valence-electron chi connectivity index (χ4n) is 2.45. The van der Waals surface area contributed by atoms with Gasteiger partial charge in [0.2, 0.25) is 11.7 Å². The molecule has 0 spiro atoms. The number of aromatic nitrogens is 3. The zero-order valence-electron chi connectivity index (χ0n) is 10.1. The second kappa shape index (κ2) is 4.86. The number of hydrogen-bond acceptors (Lipinski definition) is 5. The SMILES string of the molecule is NC1CCCCC1c1nc(-c2ccccn2)no1. The van der Waals surface area contributed by atoms with E-state index in [9.17, 15) is 0 Å². The number of pyridine rings is 1. The summed E-state index contributed by atoms with van der Waals surface area (Å²) in [6, 6.07) is 5.78. The van der Waals surface area contributed by atoms with Crippen LogP contribution in [0.3, 0.4) is 0 Å². The van der Waals surface area contributed by atoms with Crippen molar-refractivity contribution in [3.8, 4) is 11.5 Å². The molecule has 1 fully saturated rings. The molecule has 1 saturated carbocycles. The summed E-state index contributed by atoms with van der Waals surface area (Å²) in [6.07, 6.45) is 6.16. The molecular weight excluding hydrogens is 228 g/mol. The van der Waals surface area contributed by atoms with E-state index in [1.54, 1.807) is 6.20 Å². The summed E-state index contributed by atoms with van der Waals surface area (Å²) in [5.41, 5.74) is 6.85. The topological polar surface area (TPSA) is 77.8 Å². The lowest BCUT2D eigenvalue weighted by molar-refractivity contribution is 0.290. The average molecular weight is 244 g/mol. The number of nitrogens with two attached hydrogens (primary N) is 1. The molecule has 5 nitrogen and oxygen atoms in total. The van der Waals surface area contributed by atoms with E-state index in [4.69, 9.17) is 10.3 Å². The van der Waals surface area contributed by atoms with Crippen molar-refractivity contribution >= 4 is 0 Å². The van der Waals surface area contributed by atoms with E-state index in [0.29, 0.717) is 11.7 Å². The Hall–Kier alpha value is -1.75. The van der Waals surface area contributed by atoms with Gasteiger partial charge in [-0.25, -0.2) is 0 Å². The van der Waals surface area contributed by atoms with E-state index >= 15 is 0 Å². The van der Waals surface area contributed by atoms with Gasteiger partial charge < -0.3 is 10.3 Å². The third kappa shape index (κ3) is 2.13. The van der Waals surface area contributed by atoms with Crippen LogP contribution in [0.5, 0.6) is 0 Å². The van der Waals surface area contributed by atoms with Crippen molar-refractivity contribution in [2.45, 2.75) is 37.6 Å². The van der Waals surface area contributed by atoms with Crippen LogP contribution in [-0.2, 0) is 0 Å². The van der Waals surface area contributed by atoms with Crippen molar-refractivity contribution < 1.29 is 4.52 Å². The van der Waals surface area contributed by atoms with Crippen LogP contribution in [-0.4, -0.2) is 21.2 Å². The van der Waals surface area contributed by atoms with Gasteiger partial charge in [-0.2, -0.15) is 4.98 Å². The maximum atomic E-state index is 6.12. The van der Waals surface area contributed by atoms with Crippen molar-refractivity contribution in [3.05, 3.63) is 30.3 Å². The first-order valence-corrected chi connectivity index (χ1v) is 6.35. The van der Waals surface area contributed by atoms with Crippen molar-refractivity contribution in [2.75, 3.05) is 0 Å². The molecule has 18 heavy (non-hydrogen) atoms. The predicted octanol–water partition coefficient (Wildman–Crippen LogP) is 2.12. The van der Waals surface area contributed by atoms with Gasteiger partial charge in [0.15, 0.2) is 0 Å². The molecule has 0 bridgehead atoms. The standard InChI is InChI=1S/C13H16N4O/c14-10-6-2-1-5-9(10)13-16-12(17-18-13)11-7-3-4-8-15-11/h3-4,7-10H,1-2,5-6,14H2. The lowest BCUT2D eigenvalue weighted by Crippen LogP contribution is -2.31. The summed E-state index contributed by atoms with van der Waals surface area (Å²) in [5, 5.41) is 3.99.